The quantitative estimate of drug-likeness (QED) is 0.736. The van der Waals surface area contributed by atoms with E-state index in [-0.39, 0.29) is 6.04 Å². The predicted molar refractivity (Wildman–Crippen MR) is 82.8 cm³/mol. The number of thiazole rings is 1. The van der Waals surface area contributed by atoms with E-state index in [4.69, 9.17) is 5.73 Å². The summed E-state index contributed by atoms with van der Waals surface area (Å²) in [6.45, 7) is 3.50. The van der Waals surface area contributed by atoms with E-state index in [9.17, 15) is 8.42 Å². The fourth-order valence-electron chi connectivity index (χ4n) is 1.56. The number of hydrogen-bond donors (Lipinski definition) is 3. The van der Waals surface area contributed by atoms with Gasteiger partial charge in [-0.1, -0.05) is 12.1 Å². The lowest BCUT2D eigenvalue weighted by molar-refractivity contribution is 0.575. The average Bonchev–Trinajstić information content (AvgIpc) is 2.75. The molecule has 20 heavy (non-hydrogen) atoms. The van der Waals surface area contributed by atoms with Crippen molar-refractivity contribution in [3.63, 3.8) is 0 Å². The van der Waals surface area contributed by atoms with Crippen LogP contribution in [-0.4, -0.2) is 19.4 Å². The summed E-state index contributed by atoms with van der Waals surface area (Å²) in [6, 6.07) is 7.06. The van der Waals surface area contributed by atoms with Gasteiger partial charge in [-0.15, -0.1) is 11.3 Å². The van der Waals surface area contributed by atoms with E-state index >= 15 is 0 Å². The smallest absolute Gasteiger partial charge is 0.301 e. The number of anilines is 2. The molecule has 0 spiro atoms. The molecule has 4 N–H and O–H groups in total. The highest BCUT2D eigenvalue weighted by atomic mass is 32.2. The minimum absolute atomic E-state index is 0.177. The number of nitrogens with two attached hydrogens (primary N) is 1. The van der Waals surface area contributed by atoms with Crippen molar-refractivity contribution in [2.24, 2.45) is 0 Å². The van der Waals surface area contributed by atoms with Crippen molar-refractivity contribution < 1.29 is 8.42 Å². The summed E-state index contributed by atoms with van der Waals surface area (Å²) in [4.78, 5) is 4.25. The molecular formula is C12H16N4O2S2. The molecule has 0 saturated heterocycles. The number of nitrogen functional groups attached to an aromatic ring is 1. The van der Waals surface area contributed by atoms with Gasteiger partial charge in [-0.2, -0.15) is 13.1 Å². The van der Waals surface area contributed by atoms with Crippen LogP contribution in [0.2, 0.25) is 0 Å². The lowest BCUT2D eigenvalue weighted by Crippen LogP contribution is -2.35. The van der Waals surface area contributed by atoms with Crippen molar-refractivity contribution in [2.45, 2.75) is 19.9 Å². The van der Waals surface area contributed by atoms with Crippen molar-refractivity contribution >= 4 is 32.4 Å². The molecule has 0 aliphatic rings. The van der Waals surface area contributed by atoms with E-state index in [1.54, 1.807) is 31.4 Å². The molecule has 0 fully saturated rings. The average molecular weight is 312 g/mol. The van der Waals surface area contributed by atoms with Crippen LogP contribution in [0.4, 0.5) is 10.8 Å². The van der Waals surface area contributed by atoms with Crippen LogP contribution in [0.15, 0.2) is 29.6 Å². The summed E-state index contributed by atoms with van der Waals surface area (Å²) >= 11 is 1.23. The Morgan fingerprint density at radius 2 is 1.90 bits per heavy atom. The Morgan fingerprint density at radius 1 is 1.25 bits per heavy atom. The first-order chi connectivity index (χ1) is 9.35. The third-order valence-electron chi connectivity index (χ3n) is 2.32. The number of nitrogens with zero attached hydrogens (tertiary/aromatic N) is 1. The van der Waals surface area contributed by atoms with Crippen LogP contribution >= 0.6 is 11.3 Å². The summed E-state index contributed by atoms with van der Waals surface area (Å²) in [5.41, 5.74) is 7.89. The first-order valence-corrected chi connectivity index (χ1v) is 8.33. The van der Waals surface area contributed by atoms with Crippen LogP contribution in [-0.2, 0) is 10.2 Å². The summed E-state index contributed by atoms with van der Waals surface area (Å²) < 4.78 is 28.3. The van der Waals surface area contributed by atoms with Gasteiger partial charge in [0.05, 0.1) is 5.69 Å². The maximum atomic E-state index is 11.7. The van der Waals surface area contributed by atoms with Crippen LogP contribution in [0.5, 0.6) is 0 Å². The highest BCUT2D eigenvalue weighted by Crippen LogP contribution is 2.25. The maximum absolute atomic E-state index is 11.7. The van der Waals surface area contributed by atoms with E-state index in [2.05, 4.69) is 14.4 Å². The zero-order valence-electron chi connectivity index (χ0n) is 11.1. The Bertz CT molecular complexity index is 678. The SMILES string of the molecule is CC(C)NS(=O)(=O)Nc1nc(-c2ccc(N)cc2)cs1. The summed E-state index contributed by atoms with van der Waals surface area (Å²) in [6.07, 6.45) is 0. The van der Waals surface area contributed by atoms with Gasteiger partial charge in [0.15, 0.2) is 5.13 Å². The molecule has 0 radical (unpaired) electrons. The van der Waals surface area contributed by atoms with Crippen LogP contribution in [0.1, 0.15) is 13.8 Å². The predicted octanol–water partition coefficient (Wildman–Crippen LogP) is 2.05. The molecule has 0 aliphatic heterocycles. The number of nitrogens with one attached hydrogen (secondary N) is 2. The van der Waals surface area contributed by atoms with E-state index in [0.717, 1.165) is 5.56 Å². The van der Waals surface area contributed by atoms with Crippen molar-refractivity contribution in [1.82, 2.24) is 9.71 Å². The van der Waals surface area contributed by atoms with Gasteiger partial charge in [0, 0.05) is 22.7 Å². The summed E-state index contributed by atoms with van der Waals surface area (Å²) in [7, 11) is -3.58. The lowest BCUT2D eigenvalue weighted by Gasteiger charge is -2.09. The van der Waals surface area contributed by atoms with Gasteiger partial charge in [-0.25, -0.2) is 9.71 Å². The van der Waals surface area contributed by atoms with E-state index in [1.807, 2.05) is 12.1 Å². The maximum Gasteiger partial charge on any atom is 0.301 e. The molecule has 8 heteroatoms. The number of hydrogen-bond acceptors (Lipinski definition) is 5. The second kappa shape index (κ2) is 5.78. The fraction of sp³-hybridized carbons (Fsp3) is 0.250. The van der Waals surface area contributed by atoms with Crippen molar-refractivity contribution in [3.8, 4) is 11.3 Å². The fourth-order valence-corrected chi connectivity index (χ4v) is 3.60. The Morgan fingerprint density at radius 3 is 2.50 bits per heavy atom. The Kier molecular flexibility index (Phi) is 4.26. The molecule has 0 amide bonds. The third kappa shape index (κ3) is 3.92. The van der Waals surface area contributed by atoms with Crippen LogP contribution in [0.3, 0.4) is 0 Å². The summed E-state index contributed by atoms with van der Waals surface area (Å²) in [5, 5.41) is 2.11. The highest BCUT2D eigenvalue weighted by molar-refractivity contribution is 7.91. The number of rotatable bonds is 5. The molecule has 0 aliphatic carbocycles. The molecule has 6 nitrogen and oxygen atoms in total. The second-order valence-corrected chi connectivity index (χ2v) is 6.84. The molecule has 0 atom stereocenters. The van der Waals surface area contributed by atoms with Crippen molar-refractivity contribution in [1.29, 1.82) is 0 Å². The Hall–Kier alpha value is -1.64. The minimum atomic E-state index is -3.58. The Balaban J connectivity index is 2.15. The molecule has 108 valence electrons. The molecular weight excluding hydrogens is 296 g/mol. The van der Waals surface area contributed by atoms with Gasteiger partial charge >= 0.3 is 10.2 Å². The zero-order chi connectivity index (χ0) is 14.8. The minimum Gasteiger partial charge on any atom is -0.399 e. The normalized spacial score (nSPS) is 11.8. The van der Waals surface area contributed by atoms with Gasteiger partial charge < -0.3 is 5.73 Å². The standard InChI is InChI=1S/C12H16N4O2S2/c1-8(2)15-20(17,18)16-12-14-11(7-19-12)9-3-5-10(13)6-4-9/h3-8,15H,13H2,1-2H3,(H,14,16). The molecule has 2 aromatic rings. The molecule has 1 aromatic heterocycles. The Labute approximate surface area is 122 Å². The van der Waals surface area contributed by atoms with Crippen LogP contribution in [0.25, 0.3) is 11.3 Å². The highest BCUT2D eigenvalue weighted by Gasteiger charge is 2.14. The monoisotopic (exact) mass is 312 g/mol. The van der Waals surface area contributed by atoms with Gasteiger partial charge in [-0.05, 0) is 26.0 Å². The molecule has 1 heterocycles. The summed E-state index contributed by atoms with van der Waals surface area (Å²) in [5.74, 6) is 0. The lowest BCUT2D eigenvalue weighted by atomic mass is 10.2. The van der Waals surface area contributed by atoms with Crippen molar-refractivity contribution in [2.75, 3.05) is 10.5 Å². The van der Waals surface area contributed by atoms with Gasteiger partial charge in [0.1, 0.15) is 0 Å². The first-order valence-electron chi connectivity index (χ1n) is 5.97. The third-order valence-corrected chi connectivity index (χ3v) is 4.45. The second-order valence-electron chi connectivity index (χ2n) is 4.54. The van der Waals surface area contributed by atoms with Crippen molar-refractivity contribution in [3.05, 3.63) is 29.6 Å². The van der Waals surface area contributed by atoms with Gasteiger partial charge in [0.25, 0.3) is 0 Å². The van der Waals surface area contributed by atoms with E-state index in [1.165, 1.54) is 11.3 Å². The number of aromatic nitrogens is 1. The molecule has 0 bridgehead atoms. The molecule has 0 unspecified atom stereocenters. The molecule has 2 rings (SSSR count). The van der Waals surface area contributed by atoms with Crippen LogP contribution in [0, 0.1) is 0 Å². The van der Waals surface area contributed by atoms with Gasteiger partial charge in [-0.3, -0.25) is 0 Å². The van der Waals surface area contributed by atoms with E-state index < -0.39 is 10.2 Å². The largest absolute Gasteiger partial charge is 0.399 e. The van der Waals surface area contributed by atoms with Gasteiger partial charge in [0.2, 0.25) is 0 Å². The molecule has 0 saturated carbocycles. The van der Waals surface area contributed by atoms with E-state index in [0.29, 0.717) is 16.5 Å². The molecule has 1 aromatic carbocycles. The zero-order valence-corrected chi connectivity index (χ0v) is 12.8. The topological polar surface area (TPSA) is 97.1 Å². The van der Waals surface area contributed by atoms with Crippen LogP contribution < -0.4 is 15.2 Å². The number of benzene rings is 1. The first kappa shape index (κ1) is 14.8.